The van der Waals surface area contributed by atoms with Crippen LogP contribution >= 0.6 is 0 Å². The van der Waals surface area contributed by atoms with Crippen LogP contribution in [0.5, 0.6) is 0 Å². The second-order valence-electron chi connectivity index (χ2n) is 4.54. The van der Waals surface area contributed by atoms with Crippen LogP contribution in [0.3, 0.4) is 0 Å². The average molecular weight is 265 g/mol. The number of benzene rings is 1. The van der Waals surface area contributed by atoms with Crippen LogP contribution in [0.1, 0.15) is 29.6 Å². The zero-order valence-electron chi connectivity index (χ0n) is 10.4. The number of hydrogen-bond donors (Lipinski definition) is 3. The fraction of sp³-hybridized carbons (Fsp3) is 0.385. The number of hydrogen-bond acceptors (Lipinski definition) is 3. The van der Waals surface area contributed by atoms with E-state index in [-0.39, 0.29) is 17.2 Å². The van der Waals surface area contributed by atoms with Gasteiger partial charge in [-0.15, -0.1) is 0 Å². The lowest BCUT2D eigenvalue weighted by molar-refractivity contribution is -0.122. The molecule has 102 valence electrons. The van der Waals surface area contributed by atoms with E-state index in [1.54, 1.807) is 0 Å². The molecule has 1 heterocycles. The van der Waals surface area contributed by atoms with Gasteiger partial charge in [0.25, 0.3) is 5.91 Å². The Kier molecular flexibility index (Phi) is 3.99. The van der Waals surface area contributed by atoms with Crippen LogP contribution in [0.25, 0.3) is 0 Å². The predicted molar refractivity (Wildman–Crippen MR) is 68.9 cm³/mol. The number of anilines is 1. The zero-order valence-corrected chi connectivity index (χ0v) is 10.4. The van der Waals surface area contributed by atoms with E-state index in [1.807, 2.05) is 0 Å². The third-order valence-corrected chi connectivity index (χ3v) is 3.10. The first kappa shape index (κ1) is 13.3. The fourth-order valence-corrected chi connectivity index (χ4v) is 2.05. The lowest BCUT2D eigenvalue weighted by atomic mass is 10.1. The Morgan fingerprint density at radius 2 is 2.21 bits per heavy atom. The largest absolute Gasteiger partial charge is 0.398 e. The molecule has 1 atom stereocenters. The molecular formula is C13H16FN3O2. The number of rotatable bonds is 2. The summed E-state index contributed by atoms with van der Waals surface area (Å²) in [5.74, 6) is -1.15. The molecule has 1 aliphatic heterocycles. The molecule has 1 unspecified atom stereocenters. The first-order valence-corrected chi connectivity index (χ1v) is 6.21. The molecule has 0 radical (unpaired) electrons. The summed E-state index contributed by atoms with van der Waals surface area (Å²) in [7, 11) is 0. The molecule has 6 heteroatoms. The van der Waals surface area contributed by atoms with Gasteiger partial charge in [0.15, 0.2) is 0 Å². The summed E-state index contributed by atoms with van der Waals surface area (Å²) in [6.45, 7) is 0.629. The number of amides is 2. The Morgan fingerprint density at radius 1 is 1.42 bits per heavy atom. The normalized spacial score (nSPS) is 19.4. The second-order valence-corrected chi connectivity index (χ2v) is 4.54. The molecule has 1 aliphatic rings. The van der Waals surface area contributed by atoms with Crippen molar-refractivity contribution in [1.82, 2.24) is 10.6 Å². The number of carbonyl (C=O) groups excluding carboxylic acids is 2. The average Bonchev–Trinajstić information content (AvgIpc) is 2.55. The highest BCUT2D eigenvalue weighted by Crippen LogP contribution is 2.14. The minimum atomic E-state index is -0.556. The molecule has 2 rings (SSSR count). The van der Waals surface area contributed by atoms with Gasteiger partial charge in [-0.05, 0) is 37.5 Å². The van der Waals surface area contributed by atoms with Crippen molar-refractivity contribution in [3.63, 3.8) is 0 Å². The molecule has 5 nitrogen and oxygen atoms in total. The Bertz CT molecular complexity index is 505. The van der Waals surface area contributed by atoms with E-state index in [0.717, 1.165) is 18.9 Å². The fourth-order valence-electron chi connectivity index (χ4n) is 2.05. The van der Waals surface area contributed by atoms with Crippen LogP contribution in [0.15, 0.2) is 18.2 Å². The molecule has 1 fully saturated rings. The summed E-state index contributed by atoms with van der Waals surface area (Å²) in [4.78, 5) is 23.7. The van der Waals surface area contributed by atoms with E-state index in [9.17, 15) is 14.0 Å². The zero-order chi connectivity index (χ0) is 13.8. The highest BCUT2D eigenvalue weighted by Gasteiger charge is 2.23. The maximum Gasteiger partial charge on any atom is 0.254 e. The first-order chi connectivity index (χ1) is 9.08. The van der Waals surface area contributed by atoms with Crippen LogP contribution < -0.4 is 16.4 Å². The highest BCUT2D eigenvalue weighted by molar-refractivity contribution is 6.01. The minimum absolute atomic E-state index is 0.0616. The van der Waals surface area contributed by atoms with E-state index in [1.165, 1.54) is 12.1 Å². The second kappa shape index (κ2) is 5.69. The van der Waals surface area contributed by atoms with Crippen molar-refractivity contribution in [2.45, 2.75) is 25.3 Å². The van der Waals surface area contributed by atoms with E-state index in [4.69, 9.17) is 5.73 Å². The van der Waals surface area contributed by atoms with Crippen LogP contribution in [-0.2, 0) is 4.79 Å². The molecule has 1 saturated heterocycles. The Hall–Kier alpha value is -2.11. The summed E-state index contributed by atoms with van der Waals surface area (Å²) in [5, 5.41) is 5.36. The van der Waals surface area contributed by atoms with Gasteiger partial charge in [0.1, 0.15) is 11.9 Å². The van der Waals surface area contributed by atoms with Gasteiger partial charge >= 0.3 is 0 Å². The van der Waals surface area contributed by atoms with Crippen molar-refractivity contribution in [2.24, 2.45) is 0 Å². The van der Waals surface area contributed by atoms with E-state index < -0.39 is 17.8 Å². The van der Waals surface area contributed by atoms with Crippen molar-refractivity contribution >= 4 is 17.5 Å². The van der Waals surface area contributed by atoms with Crippen molar-refractivity contribution in [2.75, 3.05) is 12.3 Å². The molecular weight excluding hydrogens is 249 g/mol. The topological polar surface area (TPSA) is 84.2 Å². The summed E-state index contributed by atoms with van der Waals surface area (Å²) < 4.78 is 12.9. The molecule has 2 amide bonds. The highest BCUT2D eigenvalue weighted by atomic mass is 19.1. The van der Waals surface area contributed by atoms with Gasteiger partial charge in [0, 0.05) is 12.2 Å². The van der Waals surface area contributed by atoms with Crippen LogP contribution in [0, 0.1) is 5.82 Å². The molecule has 0 aromatic heterocycles. The molecule has 1 aromatic carbocycles. The predicted octanol–water partition coefficient (Wildman–Crippen LogP) is 0.806. The number of nitrogen functional groups attached to an aromatic ring is 1. The van der Waals surface area contributed by atoms with Crippen molar-refractivity contribution < 1.29 is 14.0 Å². The van der Waals surface area contributed by atoms with Gasteiger partial charge in [-0.1, -0.05) is 0 Å². The summed E-state index contributed by atoms with van der Waals surface area (Å²) >= 11 is 0. The summed E-state index contributed by atoms with van der Waals surface area (Å²) in [5.41, 5.74) is 5.83. The van der Waals surface area contributed by atoms with E-state index in [2.05, 4.69) is 10.6 Å². The van der Waals surface area contributed by atoms with Gasteiger partial charge in [0.05, 0.1) is 5.56 Å². The maximum atomic E-state index is 12.9. The minimum Gasteiger partial charge on any atom is -0.398 e. The Labute approximate surface area is 110 Å². The van der Waals surface area contributed by atoms with Gasteiger partial charge in [-0.25, -0.2) is 4.39 Å². The van der Waals surface area contributed by atoms with Gasteiger partial charge in [-0.2, -0.15) is 0 Å². The van der Waals surface area contributed by atoms with Crippen molar-refractivity contribution in [3.05, 3.63) is 29.6 Å². The van der Waals surface area contributed by atoms with Gasteiger partial charge < -0.3 is 16.4 Å². The molecule has 0 spiro atoms. The molecule has 1 aromatic rings. The molecule has 0 aliphatic carbocycles. The van der Waals surface area contributed by atoms with E-state index >= 15 is 0 Å². The van der Waals surface area contributed by atoms with Gasteiger partial charge in [0.2, 0.25) is 5.91 Å². The molecule has 19 heavy (non-hydrogen) atoms. The van der Waals surface area contributed by atoms with Crippen molar-refractivity contribution in [1.29, 1.82) is 0 Å². The Balaban J connectivity index is 2.09. The standard InChI is InChI=1S/C13H16FN3O2/c14-8-4-5-9(10(15)7-8)12(18)17-11-3-1-2-6-16-13(11)19/h4-5,7,11H,1-3,6,15H2,(H,16,19)(H,17,18). The lowest BCUT2D eigenvalue weighted by Gasteiger charge is -2.15. The number of nitrogens with one attached hydrogen (secondary N) is 2. The number of nitrogens with two attached hydrogens (primary N) is 1. The third kappa shape index (κ3) is 3.21. The lowest BCUT2D eigenvalue weighted by Crippen LogP contribution is -2.45. The van der Waals surface area contributed by atoms with Gasteiger partial charge in [-0.3, -0.25) is 9.59 Å². The van der Waals surface area contributed by atoms with Crippen LogP contribution in [0.4, 0.5) is 10.1 Å². The summed E-state index contributed by atoms with van der Waals surface area (Å²) in [6, 6.07) is 3.01. The van der Waals surface area contributed by atoms with Crippen LogP contribution in [0.2, 0.25) is 0 Å². The number of carbonyl (C=O) groups is 2. The maximum absolute atomic E-state index is 12.9. The molecule has 0 saturated carbocycles. The van der Waals surface area contributed by atoms with Crippen LogP contribution in [-0.4, -0.2) is 24.4 Å². The quantitative estimate of drug-likeness (QED) is 0.692. The van der Waals surface area contributed by atoms with E-state index in [0.29, 0.717) is 13.0 Å². The SMILES string of the molecule is Nc1cc(F)ccc1C(=O)NC1CCCCNC1=O. The molecule has 4 N–H and O–H groups in total. The number of halogens is 1. The summed E-state index contributed by atoms with van der Waals surface area (Å²) in [6.07, 6.45) is 2.36. The first-order valence-electron chi connectivity index (χ1n) is 6.21. The Morgan fingerprint density at radius 3 is 2.95 bits per heavy atom. The smallest absolute Gasteiger partial charge is 0.254 e. The monoisotopic (exact) mass is 265 g/mol. The molecule has 0 bridgehead atoms. The van der Waals surface area contributed by atoms with Crippen molar-refractivity contribution in [3.8, 4) is 0 Å². The third-order valence-electron chi connectivity index (χ3n) is 3.10.